The third kappa shape index (κ3) is 2.86. The number of non-ortho nitro benzene ring substituents is 1. The Balaban J connectivity index is 3.10. The van der Waals surface area contributed by atoms with E-state index >= 15 is 0 Å². The van der Waals surface area contributed by atoms with Crippen molar-refractivity contribution in [2.24, 2.45) is 0 Å². The van der Waals surface area contributed by atoms with Gasteiger partial charge in [0.15, 0.2) is 5.60 Å². The predicted molar refractivity (Wildman–Crippen MR) is 57.9 cm³/mol. The molecule has 88 valence electrons. The van der Waals surface area contributed by atoms with Crippen LogP contribution < -0.4 is 0 Å². The Morgan fingerprint density at radius 3 is 2.41 bits per heavy atom. The molecule has 0 aliphatic heterocycles. The predicted octanol–water partition coefficient (Wildman–Crippen LogP) is 1.29. The third-order valence-corrected chi connectivity index (χ3v) is 2.25. The fourth-order valence-electron chi connectivity index (χ4n) is 1.43. The van der Waals surface area contributed by atoms with Crippen LogP contribution in [0.5, 0.6) is 0 Å². The van der Waals surface area contributed by atoms with Gasteiger partial charge in [-0.15, -0.1) is 0 Å². The molecule has 1 N–H and O–H groups in total. The van der Waals surface area contributed by atoms with Gasteiger partial charge in [0.05, 0.1) is 11.3 Å². The molecule has 17 heavy (non-hydrogen) atoms. The van der Waals surface area contributed by atoms with Crippen LogP contribution in [-0.2, 0) is 10.4 Å². The van der Waals surface area contributed by atoms with Gasteiger partial charge in [0.25, 0.3) is 5.69 Å². The minimum atomic E-state index is -1.93. The minimum Gasteiger partial charge on any atom is -0.371 e. The second kappa shape index (κ2) is 4.72. The van der Waals surface area contributed by atoms with Crippen LogP contribution in [0.1, 0.15) is 18.9 Å². The molecule has 0 aromatic heterocycles. The summed E-state index contributed by atoms with van der Waals surface area (Å²) in [5.41, 5.74) is -1.90. The van der Waals surface area contributed by atoms with Crippen molar-refractivity contribution in [2.75, 3.05) is 0 Å². The van der Waals surface area contributed by atoms with Crippen LogP contribution >= 0.6 is 0 Å². The summed E-state index contributed by atoms with van der Waals surface area (Å²) in [7, 11) is 0. The van der Waals surface area contributed by atoms with Crippen LogP contribution in [-0.4, -0.2) is 15.8 Å². The van der Waals surface area contributed by atoms with Crippen LogP contribution in [0.3, 0.4) is 0 Å². The topological polar surface area (TPSA) is 104 Å². The van der Waals surface area contributed by atoms with E-state index in [1.807, 2.05) is 0 Å². The van der Waals surface area contributed by atoms with Crippen molar-refractivity contribution in [3.8, 4) is 6.07 Å². The molecule has 0 heterocycles. The smallest absolute Gasteiger partial charge is 0.269 e. The maximum atomic E-state index is 10.9. The lowest BCUT2D eigenvalue weighted by molar-refractivity contribution is -0.384. The largest absolute Gasteiger partial charge is 0.371 e. The van der Waals surface area contributed by atoms with Gasteiger partial charge in [-0.2, -0.15) is 5.26 Å². The van der Waals surface area contributed by atoms with E-state index in [0.717, 1.165) is 0 Å². The van der Waals surface area contributed by atoms with Crippen molar-refractivity contribution in [3.05, 3.63) is 39.9 Å². The number of Topliss-reactive ketones (excluding diaryl/α,β-unsaturated/α-hetero) is 1. The van der Waals surface area contributed by atoms with E-state index < -0.39 is 10.5 Å². The van der Waals surface area contributed by atoms with Gasteiger partial charge in [0.1, 0.15) is 11.9 Å². The van der Waals surface area contributed by atoms with Gasteiger partial charge in [-0.1, -0.05) is 0 Å². The highest BCUT2D eigenvalue weighted by Crippen LogP contribution is 2.26. The van der Waals surface area contributed by atoms with E-state index in [1.165, 1.54) is 31.2 Å². The van der Waals surface area contributed by atoms with Gasteiger partial charge in [-0.3, -0.25) is 14.9 Å². The Kier molecular flexibility index (Phi) is 3.55. The van der Waals surface area contributed by atoms with Gasteiger partial charge in [0, 0.05) is 12.1 Å². The molecule has 0 radical (unpaired) electrons. The van der Waals surface area contributed by atoms with Crippen LogP contribution in [0.4, 0.5) is 5.69 Å². The van der Waals surface area contributed by atoms with E-state index in [2.05, 4.69) is 0 Å². The van der Waals surface area contributed by atoms with Crippen LogP contribution in [0.25, 0.3) is 0 Å². The number of nitriles is 1. The Morgan fingerprint density at radius 1 is 1.53 bits per heavy atom. The molecule has 1 unspecified atom stereocenters. The molecule has 0 aliphatic rings. The zero-order chi connectivity index (χ0) is 13.1. The number of nitrogens with zero attached hydrogens (tertiary/aromatic N) is 2. The lowest BCUT2D eigenvalue weighted by atomic mass is 9.90. The molecular formula is C11H10N2O4. The number of nitro benzene ring substituents is 1. The molecule has 1 aromatic rings. The van der Waals surface area contributed by atoms with Crippen LogP contribution in [0, 0.1) is 21.4 Å². The highest BCUT2D eigenvalue weighted by Gasteiger charge is 2.31. The summed E-state index contributed by atoms with van der Waals surface area (Å²) in [6.45, 7) is 1.26. The van der Waals surface area contributed by atoms with Gasteiger partial charge < -0.3 is 5.11 Å². The number of carbonyl (C=O) groups excluding carboxylic acids is 1. The first-order valence-electron chi connectivity index (χ1n) is 4.77. The molecule has 6 heteroatoms. The Hall–Kier alpha value is -2.26. The van der Waals surface area contributed by atoms with E-state index in [0.29, 0.717) is 0 Å². The third-order valence-electron chi connectivity index (χ3n) is 2.25. The molecule has 0 spiro atoms. The van der Waals surface area contributed by atoms with E-state index in [1.54, 1.807) is 6.07 Å². The summed E-state index contributed by atoms with van der Waals surface area (Å²) in [5, 5.41) is 29.3. The quantitative estimate of drug-likeness (QED) is 0.480. The van der Waals surface area contributed by atoms with E-state index in [4.69, 9.17) is 5.26 Å². The number of hydrogen-bond donors (Lipinski definition) is 1. The lowest BCUT2D eigenvalue weighted by Crippen LogP contribution is -2.26. The van der Waals surface area contributed by atoms with E-state index in [9.17, 15) is 20.0 Å². The first-order valence-corrected chi connectivity index (χ1v) is 4.77. The molecule has 0 saturated carbocycles. The molecule has 1 rings (SSSR count). The zero-order valence-electron chi connectivity index (χ0n) is 9.08. The first kappa shape index (κ1) is 12.8. The van der Waals surface area contributed by atoms with Crippen LogP contribution in [0.2, 0.25) is 0 Å². The molecule has 1 atom stereocenters. The fraction of sp³-hybridized carbons (Fsp3) is 0.273. The summed E-state index contributed by atoms with van der Waals surface area (Å²) in [6, 6.07) is 6.53. The highest BCUT2D eigenvalue weighted by atomic mass is 16.6. The zero-order valence-corrected chi connectivity index (χ0v) is 9.08. The lowest BCUT2D eigenvalue weighted by Gasteiger charge is -2.18. The summed E-state index contributed by atoms with van der Waals surface area (Å²) in [5.74, 6) is -0.340. The molecule has 1 aromatic carbocycles. The summed E-state index contributed by atoms with van der Waals surface area (Å²) in [4.78, 5) is 20.8. The number of rotatable bonds is 4. The number of nitro groups is 1. The second-order valence-corrected chi connectivity index (χ2v) is 3.65. The number of hydrogen-bond acceptors (Lipinski definition) is 5. The summed E-state index contributed by atoms with van der Waals surface area (Å²) in [6.07, 6.45) is -0.346. The Bertz CT molecular complexity index is 489. The molecule has 0 bridgehead atoms. The number of aliphatic hydroxyl groups is 1. The SMILES string of the molecule is CC(=O)CC(O)(C#N)c1ccc([N+](=O)[O-])cc1. The van der Waals surface area contributed by atoms with Gasteiger partial charge >= 0.3 is 0 Å². The maximum absolute atomic E-state index is 10.9. The number of ketones is 1. The highest BCUT2D eigenvalue weighted by molar-refractivity contribution is 5.77. The Labute approximate surface area is 97.3 Å². The fourth-order valence-corrected chi connectivity index (χ4v) is 1.43. The standard InChI is InChI=1S/C11H10N2O4/c1-8(14)6-11(15,7-12)9-2-4-10(5-3-9)13(16)17/h2-5,15H,6H2,1H3. The van der Waals surface area contributed by atoms with Crippen molar-refractivity contribution in [1.29, 1.82) is 5.26 Å². The molecule has 0 fully saturated rings. The maximum Gasteiger partial charge on any atom is 0.269 e. The first-order chi connectivity index (χ1) is 7.89. The molecule has 0 saturated heterocycles. The number of benzene rings is 1. The van der Waals surface area contributed by atoms with Crippen molar-refractivity contribution >= 4 is 11.5 Å². The molecule has 6 nitrogen and oxygen atoms in total. The Morgan fingerprint density at radius 2 is 2.06 bits per heavy atom. The van der Waals surface area contributed by atoms with Gasteiger partial charge in [-0.25, -0.2) is 0 Å². The van der Waals surface area contributed by atoms with Crippen molar-refractivity contribution < 1.29 is 14.8 Å². The monoisotopic (exact) mass is 234 g/mol. The molecule has 0 amide bonds. The van der Waals surface area contributed by atoms with Gasteiger partial charge in [-0.05, 0) is 24.6 Å². The van der Waals surface area contributed by atoms with Crippen molar-refractivity contribution in [2.45, 2.75) is 18.9 Å². The average Bonchev–Trinajstić information content (AvgIpc) is 2.28. The van der Waals surface area contributed by atoms with Crippen LogP contribution in [0.15, 0.2) is 24.3 Å². The average molecular weight is 234 g/mol. The van der Waals surface area contributed by atoms with Crippen molar-refractivity contribution in [1.82, 2.24) is 0 Å². The number of carbonyl (C=O) groups is 1. The molecular weight excluding hydrogens is 224 g/mol. The van der Waals surface area contributed by atoms with Gasteiger partial charge in [0.2, 0.25) is 0 Å². The van der Waals surface area contributed by atoms with E-state index in [-0.39, 0.29) is 23.5 Å². The second-order valence-electron chi connectivity index (χ2n) is 3.65. The minimum absolute atomic E-state index is 0.142. The molecule has 0 aliphatic carbocycles. The summed E-state index contributed by atoms with van der Waals surface area (Å²) >= 11 is 0. The normalized spacial score (nSPS) is 13.5. The van der Waals surface area contributed by atoms with Crippen molar-refractivity contribution in [3.63, 3.8) is 0 Å². The summed E-state index contributed by atoms with van der Waals surface area (Å²) < 4.78 is 0.